The zero-order chi connectivity index (χ0) is 9.97. The van der Waals surface area contributed by atoms with E-state index in [-0.39, 0.29) is 0 Å². The number of nitrogens with two attached hydrogens (primary N) is 1. The molecule has 2 nitrogen and oxygen atoms in total. The van der Waals surface area contributed by atoms with E-state index in [1.54, 1.807) is 11.3 Å². The topological polar surface area (TPSA) is 38.9 Å². The predicted molar refractivity (Wildman–Crippen MR) is 60.2 cm³/mol. The Labute approximate surface area is 87.4 Å². The van der Waals surface area contributed by atoms with Crippen molar-refractivity contribution in [1.29, 1.82) is 0 Å². The molecule has 0 aliphatic carbocycles. The lowest BCUT2D eigenvalue weighted by molar-refractivity contribution is 1.01. The van der Waals surface area contributed by atoms with Crippen molar-refractivity contribution in [3.63, 3.8) is 0 Å². The molecule has 0 saturated carbocycles. The van der Waals surface area contributed by atoms with Gasteiger partial charge >= 0.3 is 0 Å². The summed E-state index contributed by atoms with van der Waals surface area (Å²) in [7, 11) is 0. The number of aryl methyl sites for hydroxylation is 1. The molecule has 1 aromatic carbocycles. The SMILES string of the molecule is Cc1ccccc1-c1scnc1CN. The minimum atomic E-state index is 0.507. The monoisotopic (exact) mass is 204 g/mol. The Bertz CT molecular complexity index is 434. The smallest absolute Gasteiger partial charge is 0.0802 e. The normalized spacial score (nSPS) is 10.4. The van der Waals surface area contributed by atoms with Crippen LogP contribution in [0.1, 0.15) is 11.3 Å². The van der Waals surface area contributed by atoms with Gasteiger partial charge in [-0.2, -0.15) is 0 Å². The van der Waals surface area contributed by atoms with Gasteiger partial charge in [-0.15, -0.1) is 11.3 Å². The first-order valence-corrected chi connectivity index (χ1v) is 5.39. The number of thiazole rings is 1. The summed E-state index contributed by atoms with van der Waals surface area (Å²) in [4.78, 5) is 5.45. The second-order valence-corrected chi connectivity index (χ2v) is 4.00. The third-order valence-corrected chi connectivity index (χ3v) is 3.13. The number of aromatic nitrogens is 1. The summed E-state index contributed by atoms with van der Waals surface area (Å²) in [6, 6.07) is 8.31. The highest BCUT2D eigenvalue weighted by atomic mass is 32.1. The van der Waals surface area contributed by atoms with Crippen LogP contribution in [0.25, 0.3) is 10.4 Å². The first kappa shape index (κ1) is 9.37. The molecule has 1 heterocycles. The van der Waals surface area contributed by atoms with E-state index in [1.807, 2.05) is 17.6 Å². The van der Waals surface area contributed by atoms with E-state index in [4.69, 9.17) is 5.73 Å². The van der Waals surface area contributed by atoms with E-state index in [1.165, 1.54) is 16.0 Å². The van der Waals surface area contributed by atoms with Crippen molar-refractivity contribution < 1.29 is 0 Å². The molecule has 0 amide bonds. The molecule has 0 fully saturated rings. The van der Waals surface area contributed by atoms with Gasteiger partial charge in [0.25, 0.3) is 0 Å². The van der Waals surface area contributed by atoms with E-state index in [0.29, 0.717) is 6.54 Å². The Morgan fingerprint density at radius 1 is 1.36 bits per heavy atom. The summed E-state index contributed by atoms with van der Waals surface area (Å²) in [5.41, 5.74) is 11.0. The molecule has 0 unspecified atom stereocenters. The predicted octanol–water partition coefficient (Wildman–Crippen LogP) is 2.58. The lowest BCUT2D eigenvalue weighted by Gasteiger charge is -2.03. The molecule has 72 valence electrons. The van der Waals surface area contributed by atoms with E-state index >= 15 is 0 Å². The molecule has 0 bridgehead atoms. The lowest BCUT2D eigenvalue weighted by atomic mass is 10.1. The van der Waals surface area contributed by atoms with Gasteiger partial charge in [0.05, 0.1) is 16.1 Å². The van der Waals surface area contributed by atoms with E-state index < -0.39 is 0 Å². The van der Waals surface area contributed by atoms with Crippen LogP contribution in [0.5, 0.6) is 0 Å². The van der Waals surface area contributed by atoms with Crippen molar-refractivity contribution >= 4 is 11.3 Å². The fourth-order valence-corrected chi connectivity index (χ4v) is 2.37. The van der Waals surface area contributed by atoms with Crippen LogP contribution < -0.4 is 5.73 Å². The molecular weight excluding hydrogens is 192 g/mol. The largest absolute Gasteiger partial charge is 0.325 e. The van der Waals surface area contributed by atoms with Crippen LogP contribution in [-0.2, 0) is 6.54 Å². The van der Waals surface area contributed by atoms with Gasteiger partial charge in [-0.3, -0.25) is 0 Å². The summed E-state index contributed by atoms with van der Waals surface area (Å²) in [5, 5.41) is 0. The summed E-state index contributed by atoms with van der Waals surface area (Å²) in [5.74, 6) is 0. The Morgan fingerprint density at radius 3 is 2.86 bits per heavy atom. The molecule has 2 N–H and O–H groups in total. The Balaban J connectivity index is 2.54. The third-order valence-electron chi connectivity index (χ3n) is 2.22. The average molecular weight is 204 g/mol. The van der Waals surface area contributed by atoms with Gasteiger partial charge in [-0.1, -0.05) is 24.3 Å². The van der Waals surface area contributed by atoms with Crippen LogP contribution in [-0.4, -0.2) is 4.98 Å². The minimum Gasteiger partial charge on any atom is -0.325 e. The highest BCUT2D eigenvalue weighted by Crippen LogP contribution is 2.29. The number of hydrogen-bond donors (Lipinski definition) is 1. The van der Waals surface area contributed by atoms with Gasteiger partial charge in [0.15, 0.2) is 0 Å². The maximum atomic E-state index is 5.63. The third kappa shape index (κ3) is 1.56. The Morgan fingerprint density at radius 2 is 2.14 bits per heavy atom. The highest BCUT2D eigenvalue weighted by Gasteiger charge is 2.08. The van der Waals surface area contributed by atoms with Crippen molar-refractivity contribution in [3.05, 3.63) is 41.0 Å². The lowest BCUT2D eigenvalue weighted by Crippen LogP contribution is -1.98. The van der Waals surface area contributed by atoms with Gasteiger partial charge in [-0.05, 0) is 18.1 Å². The number of benzene rings is 1. The van der Waals surface area contributed by atoms with Crippen molar-refractivity contribution in [3.8, 4) is 10.4 Å². The molecule has 2 aromatic rings. The Kier molecular flexibility index (Phi) is 2.61. The molecule has 0 aliphatic heterocycles. The molecule has 1 aromatic heterocycles. The molecule has 3 heteroatoms. The van der Waals surface area contributed by atoms with Crippen molar-refractivity contribution in [2.45, 2.75) is 13.5 Å². The zero-order valence-electron chi connectivity index (χ0n) is 8.03. The van der Waals surface area contributed by atoms with Crippen LogP contribution in [0.2, 0.25) is 0 Å². The molecule has 0 radical (unpaired) electrons. The fourth-order valence-electron chi connectivity index (χ4n) is 1.46. The molecule has 0 saturated heterocycles. The quantitative estimate of drug-likeness (QED) is 0.816. The zero-order valence-corrected chi connectivity index (χ0v) is 8.84. The molecule has 14 heavy (non-hydrogen) atoms. The average Bonchev–Trinajstić information content (AvgIpc) is 2.66. The fraction of sp³-hybridized carbons (Fsp3) is 0.182. The second kappa shape index (κ2) is 3.90. The van der Waals surface area contributed by atoms with Crippen LogP contribution >= 0.6 is 11.3 Å². The molecular formula is C11H12N2S. The highest BCUT2D eigenvalue weighted by molar-refractivity contribution is 7.13. The van der Waals surface area contributed by atoms with Gasteiger partial charge in [0.1, 0.15) is 0 Å². The maximum Gasteiger partial charge on any atom is 0.0802 e. The first-order valence-electron chi connectivity index (χ1n) is 4.51. The van der Waals surface area contributed by atoms with E-state index in [0.717, 1.165) is 5.69 Å². The van der Waals surface area contributed by atoms with Gasteiger partial charge < -0.3 is 5.73 Å². The second-order valence-electron chi connectivity index (χ2n) is 3.15. The maximum absolute atomic E-state index is 5.63. The first-order chi connectivity index (χ1) is 6.83. The standard InChI is InChI=1S/C11H12N2S/c1-8-4-2-3-5-9(8)11-10(6-12)13-7-14-11/h2-5,7H,6,12H2,1H3. The van der Waals surface area contributed by atoms with Gasteiger partial charge in [0.2, 0.25) is 0 Å². The van der Waals surface area contributed by atoms with Gasteiger partial charge in [0, 0.05) is 6.54 Å². The van der Waals surface area contributed by atoms with E-state index in [9.17, 15) is 0 Å². The summed E-state index contributed by atoms with van der Waals surface area (Å²) < 4.78 is 0. The number of hydrogen-bond acceptors (Lipinski definition) is 3. The molecule has 2 rings (SSSR count). The van der Waals surface area contributed by atoms with E-state index in [2.05, 4.69) is 24.0 Å². The molecule has 0 aliphatic rings. The van der Waals surface area contributed by atoms with Crippen LogP contribution in [0.3, 0.4) is 0 Å². The van der Waals surface area contributed by atoms with Crippen LogP contribution in [0.15, 0.2) is 29.8 Å². The van der Waals surface area contributed by atoms with Crippen molar-refractivity contribution in [2.75, 3.05) is 0 Å². The molecule has 0 spiro atoms. The summed E-state index contributed by atoms with van der Waals surface area (Å²) in [6.07, 6.45) is 0. The number of rotatable bonds is 2. The minimum absolute atomic E-state index is 0.507. The summed E-state index contributed by atoms with van der Waals surface area (Å²) in [6.45, 7) is 2.61. The summed E-state index contributed by atoms with van der Waals surface area (Å²) >= 11 is 1.65. The Hall–Kier alpha value is -1.19. The van der Waals surface area contributed by atoms with Gasteiger partial charge in [-0.25, -0.2) is 4.98 Å². The van der Waals surface area contributed by atoms with Crippen molar-refractivity contribution in [2.24, 2.45) is 5.73 Å². The van der Waals surface area contributed by atoms with Crippen LogP contribution in [0, 0.1) is 6.92 Å². The number of nitrogens with zero attached hydrogens (tertiary/aromatic N) is 1. The van der Waals surface area contributed by atoms with Crippen molar-refractivity contribution in [1.82, 2.24) is 4.98 Å². The van der Waals surface area contributed by atoms with Crippen LogP contribution in [0.4, 0.5) is 0 Å². The molecule has 0 atom stereocenters.